The van der Waals surface area contributed by atoms with Crippen molar-refractivity contribution in [1.29, 1.82) is 0 Å². The molecule has 3 aliphatic heterocycles. The molecule has 3 saturated heterocycles. The van der Waals surface area contributed by atoms with Crippen molar-refractivity contribution >= 4 is 5.78 Å². The Labute approximate surface area is 72.4 Å². The molecule has 0 spiro atoms. The first kappa shape index (κ1) is 8.20. The van der Waals surface area contributed by atoms with Crippen LogP contribution in [0, 0.1) is 5.92 Å². The fourth-order valence-corrected chi connectivity index (χ4v) is 2.38. The molecule has 2 bridgehead atoms. The maximum Gasteiger partial charge on any atom is 0.150 e. The van der Waals surface area contributed by atoms with Crippen molar-refractivity contribution in [1.82, 2.24) is 4.90 Å². The van der Waals surface area contributed by atoms with Crippen LogP contribution in [-0.2, 0) is 4.79 Å². The number of carbonyl (C=O) groups excluding carboxylic acids is 1. The minimum atomic E-state index is 0.252. The largest absolute Gasteiger partial charge is 0.396 e. The lowest BCUT2D eigenvalue weighted by molar-refractivity contribution is -0.133. The highest BCUT2D eigenvalue weighted by Crippen LogP contribution is 2.30. The normalized spacial score (nSPS) is 40.4. The van der Waals surface area contributed by atoms with Crippen molar-refractivity contribution in [2.24, 2.45) is 5.92 Å². The quantitative estimate of drug-likeness (QED) is 0.634. The van der Waals surface area contributed by atoms with E-state index in [-0.39, 0.29) is 6.61 Å². The van der Waals surface area contributed by atoms with Crippen LogP contribution in [0.25, 0.3) is 0 Å². The number of piperidine rings is 3. The number of ketones is 1. The average molecular weight is 169 g/mol. The summed E-state index contributed by atoms with van der Waals surface area (Å²) in [6.07, 6.45) is 2.87. The van der Waals surface area contributed by atoms with Crippen LogP contribution < -0.4 is 0 Å². The molecule has 1 N–H and O–H groups in total. The van der Waals surface area contributed by atoms with Crippen LogP contribution in [0.5, 0.6) is 0 Å². The third kappa shape index (κ3) is 1.27. The van der Waals surface area contributed by atoms with Crippen molar-refractivity contribution in [3.8, 4) is 0 Å². The fraction of sp³-hybridized carbons (Fsp3) is 0.889. The van der Waals surface area contributed by atoms with Crippen LogP contribution in [0.3, 0.4) is 0 Å². The van der Waals surface area contributed by atoms with E-state index in [0.717, 1.165) is 25.8 Å². The van der Waals surface area contributed by atoms with E-state index in [9.17, 15) is 4.79 Å². The number of nitrogens with zero attached hydrogens (tertiary/aromatic N) is 1. The molecule has 0 aromatic rings. The van der Waals surface area contributed by atoms with Crippen molar-refractivity contribution in [3.63, 3.8) is 0 Å². The second-order valence-electron chi connectivity index (χ2n) is 3.82. The third-order valence-corrected chi connectivity index (χ3v) is 3.11. The van der Waals surface area contributed by atoms with Gasteiger partial charge in [-0.05, 0) is 25.8 Å². The highest BCUT2D eigenvalue weighted by atomic mass is 16.3. The molecule has 0 saturated carbocycles. The molecule has 0 radical (unpaired) electrons. The second kappa shape index (κ2) is 3.15. The first-order valence-corrected chi connectivity index (χ1v) is 4.69. The van der Waals surface area contributed by atoms with E-state index in [1.165, 1.54) is 0 Å². The summed E-state index contributed by atoms with van der Waals surface area (Å²) in [5, 5.41) is 8.80. The molecule has 3 atom stereocenters. The summed E-state index contributed by atoms with van der Waals surface area (Å²) in [6.45, 7) is 1.94. The number of aliphatic hydroxyl groups excluding tert-OH is 1. The molecule has 0 aromatic carbocycles. The van der Waals surface area contributed by atoms with E-state index in [1.54, 1.807) is 0 Å². The molecule has 3 heteroatoms. The zero-order valence-corrected chi connectivity index (χ0v) is 7.20. The van der Waals surface area contributed by atoms with E-state index in [1.807, 2.05) is 0 Å². The molecule has 3 heterocycles. The third-order valence-electron chi connectivity index (χ3n) is 3.11. The number of Topliss-reactive ketones (excluding diaryl/α,β-unsaturated/α-hetero) is 1. The molecule has 68 valence electrons. The molecule has 0 amide bonds. The van der Waals surface area contributed by atoms with Gasteiger partial charge in [0.2, 0.25) is 0 Å². The van der Waals surface area contributed by atoms with Gasteiger partial charge in [-0.25, -0.2) is 0 Å². The second-order valence-corrected chi connectivity index (χ2v) is 3.82. The summed E-state index contributed by atoms with van der Waals surface area (Å²) in [6, 6.07) is 0.478. The zero-order chi connectivity index (χ0) is 8.55. The summed E-state index contributed by atoms with van der Waals surface area (Å²) in [7, 11) is 0. The van der Waals surface area contributed by atoms with Crippen LogP contribution in [0.2, 0.25) is 0 Å². The Morgan fingerprint density at radius 3 is 2.92 bits per heavy atom. The predicted molar refractivity (Wildman–Crippen MR) is 44.8 cm³/mol. The molecule has 12 heavy (non-hydrogen) atoms. The van der Waals surface area contributed by atoms with Gasteiger partial charge in [0.15, 0.2) is 0 Å². The number of carbonyl (C=O) groups is 1. The van der Waals surface area contributed by atoms with E-state index < -0.39 is 0 Å². The highest BCUT2D eigenvalue weighted by Gasteiger charge is 2.38. The minimum absolute atomic E-state index is 0.252. The van der Waals surface area contributed by atoms with Gasteiger partial charge in [-0.15, -0.1) is 0 Å². The summed E-state index contributed by atoms with van der Waals surface area (Å²) in [4.78, 5) is 13.5. The van der Waals surface area contributed by atoms with Crippen molar-refractivity contribution in [2.45, 2.75) is 25.3 Å². The lowest BCUT2D eigenvalue weighted by Gasteiger charge is -2.44. The van der Waals surface area contributed by atoms with Crippen LogP contribution in [0.4, 0.5) is 0 Å². The van der Waals surface area contributed by atoms with Gasteiger partial charge in [0.05, 0.1) is 6.54 Å². The van der Waals surface area contributed by atoms with Gasteiger partial charge < -0.3 is 5.11 Å². The smallest absolute Gasteiger partial charge is 0.150 e. The summed E-state index contributed by atoms with van der Waals surface area (Å²) >= 11 is 0. The van der Waals surface area contributed by atoms with Gasteiger partial charge in [-0.1, -0.05) is 0 Å². The molecule has 3 nitrogen and oxygen atoms in total. The molecule has 3 aliphatic rings. The van der Waals surface area contributed by atoms with E-state index in [2.05, 4.69) is 4.90 Å². The maximum absolute atomic E-state index is 11.3. The lowest BCUT2D eigenvalue weighted by Crippen LogP contribution is -2.53. The Kier molecular flexibility index (Phi) is 2.15. The van der Waals surface area contributed by atoms with E-state index >= 15 is 0 Å². The van der Waals surface area contributed by atoms with Crippen molar-refractivity contribution < 1.29 is 9.90 Å². The van der Waals surface area contributed by atoms with Crippen LogP contribution in [-0.4, -0.2) is 41.5 Å². The summed E-state index contributed by atoms with van der Waals surface area (Å²) in [5.41, 5.74) is 0. The summed E-state index contributed by atoms with van der Waals surface area (Å²) < 4.78 is 0. The monoisotopic (exact) mass is 169 g/mol. The van der Waals surface area contributed by atoms with Gasteiger partial charge in [0.1, 0.15) is 5.78 Å². The van der Waals surface area contributed by atoms with E-state index in [4.69, 9.17) is 5.11 Å². The Bertz CT molecular complexity index is 193. The SMILES string of the molecule is O=C1CN2CCC1CC2CCO. The number of rotatable bonds is 2. The van der Waals surface area contributed by atoms with E-state index in [0.29, 0.717) is 24.3 Å². The molecular weight excluding hydrogens is 154 g/mol. The number of hydrogen-bond acceptors (Lipinski definition) is 3. The fourth-order valence-electron chi connectivity index (χ4n) is 2.38. The molecular formula is C9H15NO2. The summed E-state index contributed by atoms with van der Waals surface area (Å²) in [5.74, 6) is 0.724. The number of aliphatic hydroxyl groups is 1. The van der Waals surface area contributed by atoms with Crippen molar-refractivity contribution in [3.05, 3.63) is 0 Å². The van der Waals surface area contributed by atoms with Crippen LogP contribution >= 0.6 is 0 Å². The average Bonchev–Trinajstić information content (AvgIpc) is 2.07. The number of hydrogen-bond donors (Lipinski definition) is 1. The van der Waals surface area contributed by atoms with Gasteiger partial charge >= 0.3 is 0 Å². The highest BCUT2D eigenvalue weighted by molar-refractivity contribution is 5.84. The minimum Gasteiger partial charge on any atom is -0.396 e. The molecule has 0 aromatic heterocycles. The van der Waals surface area contributed by atoms with Gasteiger partial charge in [0.25, 0.3) is 0 Å². The Hall–Kier alpha value is -0.410. The Morgan fingerprint density at radius 1 is 1.58 bits per heavy atom. The van der Waals surface area contributed by atoms with Crippen molar-refractivity contribution in [2.75, 3.05) is 19.7 Å². The zero-order valence-electron chi connectivity index (χ0n) is 7.20. The lowest BCUT2D eigenvalue weighted by atomic mass is 9.81. The standard InChI is InChI=1S/C9H15NO2/c11-4-2-8-5-7-1-3-10(8)6-9(7)12/h7-8,11H,1-6H2. The molecule has 3 rings (SSSR count). The Balaban J connectivity index is 2.00. The molecule has 3 unspecified atom stereocenters. The van der Waals surface area contributed by atoms with Gasteiger partial charge in [0, 0.05) is 18.6 Å². The number of fused-ring (bicyclic) bond motifs is 3. The van der Waals surface area contributed by atoms with Crippen LogP contribution in [0.1, 0.15) is 19.3 Å². The predicted octanol–water partition coefficient (Wildman–Crippen LogP) is 0.0321. The topological polar surface area (TPSA) is 40.5 Å². The Morgan fingerprint density at radius 2 is 2.42 bits per heavy atom. The maximum atomic E-state index is 11.3. The van der Waals surface area contributed by atoms with Crippen LogP contribution in [0.15, 0.2) is 0 Å². The molecule has 3 fully saturated rings. The first-order chi connectivity index (χ1) is 5.81. The molecule has 0 aliphatic carbocycles. The van der Waals surface area contributed by atoms with Gasteiger partial charge in [-0.3, -0.25) is 9.69 Å². The first-order valence-electron chi connectivity index (χ1n) is 4.69. The van der Waals surface area contributed by atoms with Gasteiger partial charge in [-0.2, -0.15) is 0 Å².